The molecule has 0 spiro atoms. The molecule has 2 rings (SSSR count). The third-order valence-electron chi connectivity index (χ3n) is 3.21. The van der Waals surface area contributed by atoms with E-state index in [4.69, 9.17) is 23.2 Å². The molecule has 0 unspecified atom stereocenters. The topological polar surface area (TPSA) is 23.1 Å². The minimum Gasteiger partial charge on any atom is -0.606 e. The maximum atomic E-state index is 12.9. The van der Waals surface area contributed by atoms with Crippen LogP contribution in [0.1, 0.15) is 25.0 Å². The molecule has 0 heterocycles. The summed E-state index contributed by atoms with van der Waals surface area (Å²) < 4.78 is 12.9. The summed E-state index contributed by atoms with van der Waals surface area (Å²) >= 11 is 10.8. The highest BCUT2D eigenvalue weighted by Gasteiger charge is 2.21. The first-order valence-electron chi connectivity index (χ1n) is 6.55. The maximum Gasteiger partial charge on any atom is 0.161 e. The van der Waals surface area contributed by atoms with E-state index < -0.39 is 11.2 Å². The van der Waals surface area contributed by atoms with Gasteiger partial charge in [-0.1, -0.05) is 37.0 Å². The van der Waals surface area contributed by atoms with Gasteiger partial charge in [-0.25, -0.2) is 0 Å². The van der Waals surface area contributed by atoms with Gasteiger partial charge < -0.3 is 4.55 Å². The van der Waals surface area contributed by atoms with Crippen LogP contribution in [-0.4, -0.2) is 4.55 Å². The second-order valence-corrected chi connectivity index (χ2v) is 6.77. The van der Waals surface area contributed by atoms with Crippen LogP contribution in [0.5, 0.6) is 0 Å². The molecule has 0 saturated carbocycles. The van der Waals surface area contributed by atoms with Crippen molar-refractivity contribution in [1.29, 1.82) is 0 Å². The number of halogens is 2. The Labute approximate surface area is 133 Å². The highest BCUT2D eigenvalue weighted by Crippen LogP contribution is 2.30. The zero-order valence-corrected chi connectivity index (χ0v) is 13.8. The second kappa shape index (κ2) is 6.86. The molecule has 0 aliphatic carbocycles. The lowest BCUT2D eigenvalue weighted by Crippen LogP contribution is -2.08. The van der Waals surface area contributed by atoms with Crippen molar-refractivity contribution in [1.82, 2.24) is 0 Å². The molecule has 1 nitrogen and oxygen atoms in total. The Morgan fingerprint density at radius 2 is 1.25 bits per heavy atom. The maximum absolute atomic E-state index is 12.9. The first-order valence-corrected chi connectivity index (χ1v) is 8.46. The Bertz CT molecular complexity index is 560. The van der Waals surface area contributed by atoms with Crippen molar-refractivity contribution in [3.63, 3.8) is 0 Å². The van der Waals surface area contributed by atoms with Crippen molar-refractivity contribution in [3.05, 3.63) is 57.6 Å². The van der Waals surface area contributed by atoms with Gasteiger partial charge in [0.2, 0.25) is 0 Å². The van der Waals surface area contributed by atoms with Crippen LogP contribution >= 0.6 is 23.2 Å². The number of hydrogen-bond donors (Lipinski definition) is 0. The molecule has 106 valence electrons. The van der Waals surface area contributed by atoms with E-state index in [9.17, 15) is 4.55 Å². The summed E-state index contributed by atoms with van der Waals surface area (Å²) in [4.78, 5) is 1.66. The first-order chi connectivity index (χ1) is 9.56. The Morgan fingerprint density at radius 1 is 0.850 bits per heavy atom. The lowest BCUT2D eigenvalue weighted by molar-refractivity contribution is 0.593. The molecule has 0 atom stereocenters. The van der Waals surface area contributed by atoms with Gasteiger partial charge in [-0.05, 0) is 49.2 Å². The summed E-state index contributed by atoms with van der Waals surface area (Å²) in [6, 6.07) is 11.0. The van der Waals surface area contributed by atoms with E-state index in [0.29, 0.717) is 10.0 Å². The minimum atomic E-state index is -1.20. The van der Waals surface area contributed by atoms with E-state index in [1.807, 2.05) is 38.1 Å². The van der Waals surface area contributed by atoms with E-state index in [2.05, 4.69) is 0 Å². The molecule has 0 aromatic heterocycles. The molecular formula is C16H16Cl2OS. The standard InChI is InChI=1S/C16H16Cl2OS/c1-3-11-9-13(17)5-7-15(11)20(19)16-8-6-14(18)10-12(16)4-2/h5-10H,3-4H2,1-2H3. The number of benzene rings is 2. The zero-order valence-electron chi connectivity index (χ0n) is 11.5. The van der Waals surface area contributed by atoms with E-state index in [-0.39, 0.29) is 0 Å². The average molecular weight is 327 g/mol. The zero-order chi connectivity index (χ0) is 14.7. The fourth-order valence-electron chi connectivity index (χ4n) is 2.13. The summed E-state index contributed by atoms with van der Waals surface area (Å²) in [5.41, 5.74) is 2.04. The molecule has 0 radical (unpaired) electrons. The smallest absolute Gasteiger partial charge is 0.161 e. The fourth-order valence-corrected chi connectivity index (χ4v) is 4.02. The highest BCUT2D eigenvalue weighted by atomic mass is 35.5. The highest BCUT2D eigenvalue weighted by molar-refractivity contribution is 7.91. The van der Waals surface area contributed by atoms with Crippen LogP contribution in [0.15, 0.2) is 46.2 Å². The predicted molar refractivity (Wildman–Crippen MR) is 86.3 cm³/mol. The molecule has 2 aromatic rings. The van der Waals surface area contributed by atoms with Gasteiger partial charge in [-0.3, -0.25) is 0 Å². The second-order valence-electron chi connectivity index (χ2n) is 4.48. The normalized spacial score (nSPS) is 11.1. The molecular weight excluding hydrogens is 311 g/mol. The van der Waals surface area contributed by atoms with Crippen molar-refractivity contribution < 1.29 is 4.55 Å². The molecule has 20 heavy (non-hydrogen) atoms. The van der Waals surface area contributed by atoms with Crippen LogP contribution in [0.4, 0.5) is 0 Å². The van der Waals surface area contributed by atoms with Crippen LogP contribution in [0, 0.1) is 0 Å². The SMILES string of the molecule is CCc1cc(Cl)ccc1[S+]([O-])c1ccc(Cl)cc1CC. The first kappa shape index (κ1) is 15.7. The van der Waals surface area contributed by atoms with Gasteiger partial charge in [0.05, 0.1) is 0 Å². The molecule has 0 amide bonds. The van der Waals surface area contributed by atoms with E-state index in [1.165, 1.54) is 0 Å². The van der Waals surface area contributed by atoms with Crippen molar-refractivity contribution in [2.45, 2.75) is 36.5 Å². The molecule has 2 aromatic carbocycles. The predicted octanol–water partition coefficient (Wildman–Crippen LogP) is 5.28. The van der Waals surface area contributed by atoms with Crippen molar-refractivity contribution in [3.8, 4) is 0 Å². The van der Waals surface area contributed by atoms with Gasteiger partial charge in [0.1, 0.15) is 0 Å². The average Bonchev–Trinajstić information content (AvgIpc) is 2.46. The summed E-state index contributed by atoms with van der Waals surface area (Å²) in [7, 11) is 0. The van der Waals surface area contributed by atoms with Gasteiger partial charge >= 0.3 is 0 Å². The Hall–Kier alpha value is -0.670. The fraction of sp³-hybridized carbons (Fsp3) is 0.250. The molecule has 0 saturated heterocycles. The van der Waals surface area contributed by atoms with E-state index in [0.717, 1.165) is 33.8 Å². The molecule has 0 aliphatic rings. The van der Waals surface area contributed by atoms with Crippen molar-refractivity contribution in [2.75, 3.05) is 0 Å². The summed E-state index contributed by atoms with van der Waals surface area (Å²) in [6.45, 7) is 4.07. The van der Waals surface area contributed by atoms with Crippen LogP contribution in [0.2, 0.25) is 10.0 Å². The van der Waals surface area contributed by atoms with Crippen LogP contribution in [-0.2, 0) is 24.0 Å². The largest absolute Gasteiger partial charge is 0.606 e. The lowest BCUT2D eigenvalue weighted by atomic mass is 10.2. The van der Waals surface area contributed by atoms with Crippen molar-refractivity contribution in [2.24, 2.45) is 0 Å². The van der Waals surface area contributed by atoms with Crippen molar-refractivity contribution >= 4 is 34.4 Å². The van der Waals surface area contributed by atoms with E-state index >= 15 is 0 Å². The van der Waals surface area contributed by atoms with Gasteiger partial charge in [0, 0.05) is 32.3 Å². The lowest BCUT2D eigenvalue weighted by Gasteiger charge is -2.16. The molecule has 0 bridgehead atoms. The Morgan fingerprint density at radius 3 is 1.60 bits per heavy atom. The van der Waals surface area contributed by atoms with Gasteiger partial charge in [0.15, 0.2) is 9.79 Å². The third kappa shape index (κ3) is 3.32. The monoisotopic (exact) mass is 326 g/mol. The number of aryl methyl sites for hydroxylation is 2. The summed E-state index contributed by atoms with van der Waals surface area (Å²) in [5, 5.41) is 1.35. The van der Waals surface area contributed by atoms with Crippen LogP contribution < -0.4 is 0 Å². The van der Waals surface area contributed by atoms with E-state index in [1.54, 1.807) is 12.1 Å². The number of rotatable bonds is 4. The summed E-state index contributed by atoms with van der Waals surface area (Å²) in [5.74, 6) is 0. The quantitative estimate of drug-likeness (QED) is 0.700. The minimum absolute atomic E-state index is 0.675. The molecule has 0 aliphatic heterocycles. The third-order valence-corrected chi connectivity index (χ3v) is 5.27. The summed E-state index contributed by atoms with van der Waals surface area (Å²) in [6.07, 6.45) is 1.60. The van der Waals surface area contributed by atoms with Gasteiger partial charge in [0.25, 0.3) is 0 Å². The Kier molecular flexibility index (Phi) is 5.39. The molecule has 4 heteroatoms. The van der Waals surface area contributed by atoms with Gasteiger partial charge in [-0.15, -0.1) is 0 Å². The molecule has 0 fully saturated rings. The Balaban J connectivity index is 2.48. The van der Waals surface area contributed by atoms with Crippen LogP contribution in [0.25, 0.3) is 0 Å². The van der Waals surface area contributed by atoms with Gasteiger partial charge in [-0.2, -0.15) is 0 Å². The van der Waals surface area contributed by atoms with Crippen LogP contribution in [0.3, 0.4) is 0 Å². The number of hydrogen-bond acceptors (Lipinski definition) is 1. The molecule has 0 N–H and O–H groups in total.